The van der Waals surface area contributed by atoms with Crippen molar-refractivity contribution in [1.82, 2.24) is 10.2 Å². The number of hydrogen-bond donors (Lipinski definition) is 1. The van der Waals surface area contributed by atoms with Crippen molar-refractivity contribution in [2.24, 2.45) is 0 Å². The van der Waals surface area contributed by atoms with Crippen molar-refractivity contribution >= 4 is 17.2 Å². The van der Waals surface area contributed by atoms with E-state index in [-0.39, 0.29) is 5.54 Å². The molecule has 3 nitrogen and oxygen atoms in total. The quantitative estimate of drug-likeness (QED) is 0.924. The van der Waals surface area contributed by atoms with Crippen LogP contribution < -0.4 is 5.32 Å². The van der Waals surface area contributed by atoms with Gasteiger partial charge in [0.15, 0.2) is 0 Å². The molecule has 0 atom stereocenters. The highest BCUT2D eigenvalue weighted by Crippen LogP contribution is 2.42. The molecule has 0 bridgehead atoms. The molecule has 116 valence electrons. The number of carbonyl (C=O) groups is 1. The van der Waals surface area contributed by atoms with E-state index in [1.54, 1.807) is 0 Å². The average molecular weight is 306 g/mol. The molecule has 1 spiro atoms. The number of nitrogens with one attached hydrogen (secondary N) is 1. The molecule has 1 saturated heterocycles. The zero-order valence-corrected chi connectivity index (χ0v) is 14.0. The molecule has 1 amide bonds. The summed E-state index contributed by atoms with van der Waals surface area (Å²) in [5.74, 6) is 0.373. The molecule has 2 heterocycles. The summed E-state index contributed by atoms with van der Waals surface area (Å²) in [6.07, 6.45) is 6.60. The summed E-state index contributed by atoms with van der Waals surface area (Å²) in [4.78, 5) is 17.0. The minimum absolute atomic E-state index is 0.198. The Morgan fingerprint density at radius 1 is 1.33 bits per heavy atom. The zero-order valence-electron chi connectivity index (χ0n) is 13.2. The first-order valence-corrected chi connectivity index (χ1v) is 9.04. The molecular formula is C17H26N2OS. The van der Waals surface area contributed by atoms with Crippen molar-refractivity contribution in [3.63, 3.8) is 0 Å². The lowest BCUT2D eigenvalue weighted by atomic mass is 9.77. The van der Waals surface area contributed by atoms with E-state index < -0.39 is 0 Å². The lowest BCUT2D eigenvalue weighted by molar-refractivity contribution is -0.131. The monoisotopic (exact) mass is 306 g/mol. The van der Waals surface area contributed by atoms with E-state index in [9.17, 15) is 4.79 Å². The van der Waals surface area contributed by atoms with Crippen LogP contribution in [0.5, 0.6) is 0 Å². The molecule has 4 heteroatoms. The van der Waals surface area contributed by atoms with Crippen molar-refractivity contribution in [3.05, 3.63) is 21.9 Å². The molecule has 21 heavy (non-hydrogen) atoms. The van der Waals surface area contributed by atoms with E-state index in [1.807, 2.05) is 11.3 Å². The third-order valence-electron chi connectivity index (χ3n) is 5.27. The molecule has 1 N–H and O–H groups in total. The SMILES string of the molecule is CCN1C(=O)CCC12CCC(NCc1ccc(C)s1)CC2. The molecule has 2 fully saturated rings. The van der Waals surface area contributed by atoms with Gasteiger partial charge in [0.2, 0.25) is 5.91 Å². The van der Waals surface area contributed by atoms with Crippen molar-refractivity contribution in [1.29, 1.82) is 0 Å². The lowest BCUT2D eigenvalue weighted by Crippen LogP contribution is -2.50. The van der Waals surface area contributed by atoms with Crippen LogP contribution in [0.1, 0.15) is 55.2 Å². The van der Waals surface area contributed by atoms with Gasteiger partial charge in [-0.25, -0.2) is 0 Å². The minimum atomic E-state index is 0.198. The maximum Gasteiger partial charge on any atom is 0.223 e. The molecule has 3 rings (SSSR count). The molecule has 1 aromatic rings. The first-order chi connectivity index (χ1) is 10.1. The molecule has 1 saturated carbocycles. The highest BCUT2D eigenvalue weighted by molar-refractivity contribution is 7.11. The number of thiophene rings is 1. The van der Waals surface area contributed by atoms with E-state index in [2.05, 4.69) is 36.2 Å². The van der Waals surface area contributed by atoms with Crippen molar-refractivity contribution in [2.75, 3.05) is 6.54 Å². The predicted molar refractivity (Wildman–Crippen MR) is 87.5 cm³/mol. The normalized spacial score (nSPS) is 29.5. The third-order valence-corrected chi connectivity index (χ3v) is 6.27. The molecule has 1 aliphatic carbocycles. The number of aryl methyl sites for hydroxylation is 1. The first-order valence-electron chi connectivity index (χ1n) is 8.22. The maximum atomic E-state index is 12.0. The highest BCUT2D eigenvalue weighted by Gasteiger charge is 2.46. The number of rotatable bonds is 4. The van der Waals surface area contributed by atoms with Gasteiger partial charge in [0.1, 0.15) is 0 Å². The Bertz CT molecular complexity index is 503. The summed E-state index contributed by atoms with van der Waals surface area (Å²) in [5, 5.41) is 3.71. The van der Waals surface area contributed by atoms with E-state index >= 15 is 0 Å². The second kappa shape index (κ2) is 6.09. The van der Waals surface area contributed by atoms with Crippen LogP contribution in [-0.4, -0.2) is 28.9 Å². The summed E-state index contributed by atoms with van der Waals surface area (Å²) in [6.45, 7) is 6.15. The molecule has 0 unspecified atom stereocenters. The fraction of sp³-hybridized carbons (Fsp3) is 0.706. The summed E-state index contributed by atoms with van der Waals surface area (Å²) in [7, 11) is 0. The number of carbonyl (C=O) groups excluding carboxylic acids is 1. The van der Waals surface area contributed by atoms with Crippen LogP contribution in [-0.2, 0) is 11.3 Å². The van der Waals surface area contributed by atoms with Crippen molar-refractivity contribution < 1.29 is 4.79 Å². The van der Waals surface area contributed by atoms with Crippen LogP contribution in [0.3, 0.4) is 0 Å². The predicted octanol–water partition coefficient (Wildman–Crippen LogP) is 3.47. The Morgan fingerprint density at radius 2 is 2.10 bits per heavy atom. The summed E-state index contributed by atoms with van der Waals surface area (Å²) in [6, 6.07) is 5.04. The van der Waals surface area contributed by atoms with E-state index in [0.29, 0.717) is 11.9 Å². The van der Waals surface area contributed by atoms with Crippen LogP contribution in [0.25, 0.3) is 0 Å². The number of amides is 1. The van der Waals surface area contributed by atoms with Gasteiger partial charge < -0.3 is 10.2 Å². The Balaban J connectivity index is 1.52. The Hall–Kier alpha value is -0.870. The number of likely N-dealkylation sites (tertiary alicyclic amines) is 1. The van der Waals surface area contributed by atoms with E-state index in [4.69, 9.17) is 0 Å². The molecule has 0 radical (unpaired) electrons. The van der Waals surface area contributed by atoms with Crippen molar-refractivity contribution in [3.8, 4) is 0 Å². The molecule has 1 aliphatic heterocycles. The second-order valence-electron chi connectivity index (χ2n) is 6.53. The van der Waals surface area contributed by atoms with Gasteiger partial charge in [-0.3, -0.25) is 4.79 Å². The van der Waals surface area contributed by atoms with E-state index in [1.165, 1.54) is 35.4 Å². The minimum Gasteiger partial charge on any atom is -0.337 e. The average Bonchev–Trinajstić information content (AvgIpc) is 3.03. The van der Waals surface area contributed by atoms with Crippen LogP contribution in [0.15, 0.2) is 12.1 Å². The van der Waals surface area contributed by atoms with Crippen LogP contribution >= 0.6 is 11.3 Å². The Labute approximate surface area is 131 Å². The molecule has 2 aliphatic rings. The largest absolute Gasteiger partial charge is 0.337 e. The van der Waals surface area contributed by atoms with Crippen LogP contribution in [0.4, 0.5) is 0 Å². The lowest BCUT2D eigenvalue weighted by Gasteiger charge is -2.43. The molecular weight excluding hydrogens is 280 g/mol. The fourth-order valence-corrected chi connectivity index (χ4v) is 4.93. The van der Waals surface area contributed by atoms with E-state index in [0.717, 1.165) is 25.9 Å². The fourth-order valence-electron chi connectivity index (χ4n) is 4.09. The summed E-state index contributed by atoms with van der Waals surface area (Å²) in [5.41, 5.74) is 0.198. The van der Waals surface area contributed by atoms with Gasteiger partial charge >= 0.3 is 0 Å². The van der Waals surface area contributed by atoms with Gasteiger partial charge in [-0.1, -0.05) is 0 Å². The maximum absolute atomic E-state index is 12.0. The van der Waals surface area contributed by atoms with Gasteiger partial charge in [-0.05, 0) is 58.1 Å². The smallest absolute Gasteiger partial charge is 0.223 e. The zero-order chi connectivity index (χ0) is 14.9. The van der Waals surface area contributed by atoms with Crippen molar-refractivity contribution in [2.45, 2.75) is 70.5 Å². The Kier molecular flexibility index (Phi) is 4.36. The highest BCUT2D eigenvalue weighted by atomic mass is 32.1. The number of nitrogens with zero attached hydrogens (tertiary/aromatic N) is 1. The van der Waals surface area contributed by atoms with Gasteiger partial charge in [0.05, 0.1) is 0 Å². The first kappa shape index (κ1) is 15.0. The summed E-state index contributed by atoms with van der Waals surface area (Å²) < 4.78 is 0. The third kappa shape index (κ3) is 3.02. The van der Waals surface area contributed by atoms with Gasteiger partial charge in [0, 0.05) is 40.8 Å². The molecule has 0 aromatic carbocycles. The number of hydrogen-bond acceptors (Lipinski definition) is 3. The van der Waals surface area contributed by atoms with Gasteiger partial charge in [-0.2, -0.15) is 0 Å². The molecule has 1 aromatic heterocycles. The van der Waals surface area contributed by atoms with Gasteiger partial charge in [-0.15, -0.1) is 11.3 Å². The topological polar surface area (TPSA) is 32.3 Å². The Morgan fingerprint density at radius 3 is 2.71 bits per heavy atom. The second-order valence-corrected chi connectivity index (χ2v) is 7.90. The van der Waals surface area contributed by atoms with Gasteiger partial charge in [0.25, 0.3) is 0 Å². The standard InChI is InChI=1S/C17H26N2OS/c1-3-19-16(20)8-11-17(19)9-6-14(7-10-17)18-12-15-5-4-13(2)21-15/h4-5,14,18H,3,6-12H2,1-2H3. The summed E-state index contributed by atoms with van der Waals surface area (Å²) >= 11 is 1.88. The van der Waals surface area contributed by atoms with Crippen LogP contribution in [0.2, 0.25) is 0 Å². The van der Waals surface area contributed by atoms with Crippen LogP contribution in [0, 0.1) is 6.92 Å².